The third kappa shape index (κ3) is 3.71. The number of aromatic nitrogens is 2. The van der Waals surface area contributed by atoms with Gasteiger partial charge in [0, 0.05) is 12.0 Å². The van der Waals surface area contributed by atoms with Gasteiger partial charge in [0.05, 0.1) is 11.9 Å². The van der Waals surface area contributed by atoms with E-state index < -0.39 is 5.97 Å². The minimum atomic E-state index is -1.00. The van der Waals surface area contributed by atoms with E-state index >= 15 is 0 Å². The van der Waals surface area contributed by atoms with Crippen molar-refractivity contribution in [1.82, 2.24) is 9.97 Å². The van der Waals surface area contributed by atoms with Crippen molar-refractivity contribution in [3.63, 3.8) is 0 Å². The number of nitrogens with zero attached hydrogens (tertiary/aromatic N) is 2. The quantitative estimate of drug-likeness (QED) is 0.887. The van der Waals surface area contributed by atoms with Crippen LogP contribution in [0.2, 0.25) is 0 Å². The number of anilines is 1. The van der Waals surface area contributed by atoms with Crippen LogP contribution in [0.15, 0.2) is 6.20 Å². The lowest BCUT2D eigenvalue weighted by atomic mass is 9.80. The van der Waals surface area contributed by atoms with Gasteiger partial charge in [0.15, 0.2) is 5.69 Å². The molecule has 5 heteroatoms. The summed E-state index contributed by atoms with van der Waals surface area (Å²) in [7, 11) is 0. The zero-order valence-corrected chi connectivity index (χ0v) is 13.3. The minimum Gasteiger partial charge on any atom is -0.476 e. The summed E-state index contributed by atoms with van der Waals surface area (Å²) in [6.07, 6.45) is 5.03. The molecule has 0 amide bonds. The number of nitrogens with one attached hydrogen (secondary N) is 1. The van der Waals surface area contributed by atoms with Gasteiger partial charge < -0.3 is 10.4 Å². The average Bonchev–Trinajstić information content (AvgIpc) is 2.41. The highest BCUT2D eigenvalue weighted by atomic mass is 16.4. The Morgan fingerprint density at radius 1 is 1.38 bits per heavy atom. The fourth-order valence-electron chi connectivity index (χ4n) is 3.02. The largest absolute Gasteiger partial charge is 0.476 e. The second-order valence-electron chi connectivity index (χ2n) is 6.60. The van der Waals surface area contributed by atoms with Crippen LogP contribution in [0.5, 0.6) is 0 Å². The molecule has 0 spiro atoms. The fourth-order valence-corrected chi connectivity index (χ4v) is 3.02. The summed E-state index contributed by atoms with van der Waals surface area (Å²) in [5.74, 6) is 0.963. The lowest BCUT2D eigenvalue weighted by Gasteiger charge is -2.34. The molecule has 3 atom stereocenters. The third-order valence-electron chi connectivity index (χ3n) is 4.30. The first-order chi connectivity index (χ1) is 9.88. The molecule has 3 unspecified atom stereocenters. The van der Waals surface area contributed by atoms with Gasteiger partial charge in [0.1, 0.15) is 5.82 Å². The first kappa shape index (κ1) is 15.7. The molecule has 1 fully saturated rings. The lowest BCUT2D eigenvalue weighted by Crippen LogP contribution is -2.33. The molecule has 2 rings (SSSR count). The normalized spacial score (nSPS) is 25.9. The minimum absolute atomic E-state index is 0.0829. The molecule has 116 valence electrons. The van der Waals surface area contributed by atoms with E-state index in [-0.39, 0.29) is 11.6 Å². The van der Waals surface area contributed by atoms with Crippen molar-refractivity contribution in [1.29, 1.82) is 0 Å². The first-order valence-electron chi connectivity index (χ1n) is 7.75. The Kier molecular flexibility index (Phi) is 4.80. The number of carboxylic acids is 1. The molecular weight excluding hydrogens is 266 g/mol. The van der Waals surface area contributed by atoms with Crippen molar-refractivity contribution in [2.45, 2.75) is 58.9 Å². The van der Waals surface area contributed by atoms with Crippen molar-refractivity contribution in [2.75, 3.05) is 5.32 Å². The summed E-state index contributed by atoms with van der Waals surface area (Å²) in [5, 5.41) is 12.7. The summed E-state index contributed by atoms with van der Waals surface area (Å²) in [4.78, 5) is 19.9. The Hall–Kier alpha value is -1.65. The second-order valence-corrected chi connectivity index (χ2v) is 6.60. The molecular formula is C16H25N3O2. The molecule has 0 radical (unpaired) electrons. The number of aromatic carboxylic acids is 1. The summed E-state index contributed by atoms with van der Waals surface area (Å²) in [5.41, 5.74) is 0.623. The molecule has 2 N–H and O–H groups in total. The Morgan fingerprint density at radius 2 is 2.10 bits per heavy atom. The topological polar surface area (TPSA) is 75.1 Å². The van der Waals surface area contributed by atoms with Crippen molar-refractivity contribution in [3.05, 3.63) is 17.7 Å². The van der Waals surface area contributed by atoms with Crippen LogP contribution < -0.4 is 5.32 Å². The van der Waals surface area contributed by atoms with Gasteiger partial charge in [0.2, 0.25) is 0 Å². The van der Waals surface area contributed by atoms with Gasteiger partial charge in [-0.3, -0.25) is 0 Å². The highest BCUT2D eigenvalue weighted by molar-refractivity contribution is 5.91. The summed E-state index contributed by atoms with van der Waals surface area (Å²) in [6.45, 7) is 8.41. The summed E-state index contributed by atoms with van der Waals surface area (Å²) >= 11 is 0. The molecule has 1 aromatic heterocycles. The molecule has 0 aliphatic heterocycles. The van der Waals surface area contributed by atoms with Gasteiger partial charge in [-0.25, -0.2) is 14.8 Å². The Balaban J connectivity index is 2.21. The van der Waals surface area contributed by atoms with Crippen molar-refractivity contribution >= 4 is 11.7 Å². The number of hydrogen-bond acceptors (Lipinski definition) is 4. The van der Waals surface area contributed by atoms with E-state index in [1.165, 1.54) is 12.8 Å². The molecule has 21 heavy (non-hydrogen) atoms. The fraction of sp³-hybridized carbons (Fsp3) is 0.688. The molecule has 1 aromatic rings. The van der Waals surface area contributed by atoms with Gasteiger partial charge in [-0.15, -0.1) is 0 Å². The van der Waals surface area contributed by atoms with Crippen molar-refractivity contribution in [2.24, 2.45) is 11.8 Å². The van der Waals surface area contributed by atoms with Crippen LogP contribution in [0.4, 0.5) is 5.69 Å². The Morgan fingerprint density at radius 3 is 2.67 bits per heavy atom. The van der Waals surface area contributed by atoms with Crippen molar-refractivity contribution < 1.29 is 9.90 Å². The van der Waals surface area contributed by atoms with Gasteiger partial charge >= 0.3 is 5.97 Å². The van der Waals surface area contributed by atoms with E-state index in [2.05, 4.69) is 29.1 Å². The SMILES string of the molecule is CC1CCC(Nc2cnc(C(C)C)nc2C(=O)O)C(C)C1. The van der Waals surface area contributed by atoms with Crippen LogP contribution in [-0.4, -0.2) is 27.1 Å². The molecule has 1 heterocycles. The monoisotopic (exact) mass is 291 g/mol. The third-order valence-corrected chi connectivity index (χ3v) is 4.30. The summed E-state index contributed by atoms with van der Waals surface area (Å²) in [6, 6.07) is 0.299. The predicted octanol–water partition coefficient (Wildman–Crippen LogP) is 3.53. The maximum atomic E-state index is 11.4. The first-order valence-corrected chi connectivity index (χ1v) is 7.75. The number of carboxylic acid groups (broad SMARTS) is 1. The molecule has 0 bridgehead atoms. The molecule has 0 saturated heterocycles. The lowest BCUT2D eigenvalue weighted by molar-refractivity contribution is 0.0691. The van der Waals surface area contributed by atoms with Crippen LogP contribution in [0.25, 0.3) is 0 Å². The molecule has 1 saturated carbocycles. The number of hydrogen-bond donors (Lipinski definition) is 2. The van der Waals surface area contributed by atoms with Gasteiger partial charge in [-0.05, 0) is 31.1 Å². The molecule has 0 aromatic carbocycles. The maximum absolute atomic E-state index is 11.4. The predicted molar refractivity (Wildman–Crippen MR) is 82.7 cm³/mol. The van der Waals surface area contributed by atoms with Crippen LogP contribution in [0.1, 0.15) is 69.2 Å². The van der Waals surface area contributed by atoms with Gasteiger partial charge in [0.25, 0.3) is 0 Å². The highest BCUT2D eigenvalue weighted by Gasteiger charge is 2.27. The van der Waals surface area contributed by atoms with E-state index in [0.29, 0.717) is 23.5 Å². The van der Waals surface area contributed by atoms with Crippen LogP contribution >= 0.6 is 0 Å². The standard InChI is InChI=1S/C16H25N3O2/c1-9(2)15-17-8-13(14(19-15)16(20)21)18-12-6-5-10(3)7-11(12)4/h8-12,18H,5-7H2,1-4H3,(H,20,21). The molecule has 5 nitrogen and oxygen atoms in total. The van der Waals surface area contributed by atoms with E-state index in [0.717, 1.165) is 12.3 Å². The van der Waals surface area contributed by atoms with Crippen LogP contribution in [-0.2, 0) is 0 Å². The van der Waals surface area contributed by atoms with Crippen LogP contribution in [0, 0.1) is 11.8 Å². The molecule has 1 aliphatic rings. The van der Waals surface area contributed by atoms with Crippen LogP contribution in [0.3, 0.4) is 0 Å². The highest BCUT2D eigenvalue weighted by Crippen LogP contribution is 2.31. The Labute approximate surface area is 126 Å². The Bertz CT molecular complexity index is 516. The average molecular weight is 291 g/mol. The van der Waals surface area contributed by atoms with Crippen molar-refractivity contribution in [3.8, 4) is 0 Å². The van der Waals surface area contributed by atoms with E-state index in [4.69, 9.17) is 0 Å². The van der Waals surface area contributed by atoms with E-state index in [1.807, 2.05) is 13.8 Å². The number of rotatable bonds is 4. The van der Waals surface area contributed by atoms with E-state index in [1.54, 1.807) is 6.20 Å². The van der Waals surface area contributed by atoms with E-state index in [9.17, 15) is 9.90 Å². The summed E-state index contributed by atoms with van der Waals surface area (Å²) < 4.78 is 0. The smallest absolute Gasteiger partial charge is 0.356 e. The number of carbonyl (C=O) groups is 1. The second kappa shape index (κ2) is 6.41. The van der Waals surface area contributed by atoms with Gasteiger partial charge in [-0.2, -0.15) is 0 Å². The molecule has 1 aliphatic carbocycles. The zero-order chi connectivity index (χ0) is 15.6. The zero-order valence-electron chi connectivity index (χ0n) is 13.3. The maximum Gasteiger partial charge on any atom is 0.356 e. The van der Waals surface area contributed by atoms with Gasteiger partial charge in [-0.1, -0.05) is 27.7 Å².